The van der Waals surface area contributed by atoms with Gasteiger partial charge in [-0.05, 0) is 70.5 Å². The fourth-order valence-corrected chi connectivity index (χ4v) is 4.64. The molecule has 35 heavy (non-hydrogen) atoms. The standard InChI is InChI=1S/C33H28N2/c1-24-13-3-5-16-27(24)29-18-7-9-20-31(29)33(35-23-26-15-11-12-22-34-26)32-21-10-8-19-30(32)28-17-6-4-14-25(28)2/h3-23,33H,1-2H3. The number of aromatic nitrogens is 1. The molecule has 0 aliphatic rings. The maximum absolute atomic E-state index is 5.18. The van der Waals surface area contributed by atoms with Crippen molar-refractivity contribution in [2.24, 2.45) is 4.99 Å². The molecule has 0 atom stereocenters. The number of pyridine rings is 1. The minimum absolute atomic E-state index is 0.191. The van der Waals surface area contributed by atoms with Crippen molar-refractivity contribution >= 4 is 6.21 Å². The minimum Gasteiger partial charge on any atom is -0.278 e. The van der Waals surface area contributed by atoms with Crippen LogP contribution in [0.3, 0.4) is 0 Å². The molecule has 2 nitrogen and oxygen atoms in total. The van der Waals surface area contributed by atoms with Crippen molar-refractivity contribution in [3.63, 3.8) is 0 Å². The molecule has 2 heteroatoms. The summed E-state index contributed by atoms with van der Waals surface area (Å²) >= 11 is 0. The van der Waals surface area contributed by atoms with Crippen molar-refractivity contribution in [2.45, 2.75) is 19.9 Å². The molecule has 5 aromatic rings. The lowest BCUT2D eigenvalue weighted by molar-refractivity contribution is 0.881. The van der Waals surface area contributed by atoms with Crippen LogP contribution in [0.4, 0.5) is 0 Å². The van der Waals surface area contributed by atoms with E-state index in [0.29, 0.717) is 0 Å². The van der Waals surface area contributed by atoms with Gasteiger partial charge in [0.05, 0.1) is 5.69 Å². The average Bonchev–Trinajstić information content (AvgIpc) is 2.91. The third kappa shape index (κ3) is 4.83. The highest BCUT2D eigenvalue weighted by Crippen LogP contribution is 2.40. The second kappa shape index (κ2) is 10.3. The molecule has 0 aliphatic carbocycles. The van der Waals surface area contributed by atoms with E-state index in [1.807, 2.05) is 24.4 Å². The van der Waals surface area contributed by atoms with Gasteiger partial charge in [-0.25, -0.2) is 0 Å². The van der Waals surface area contributed by atoms with Crippen molar-refractivity contribution in [1.29, 1.82) is 0 Å². The van der Waals surface area contributed by atoms with Crippen molar-refractivity contribution in [2.75, 3.05) is 0 Å². The normalized spacial score (nSPS) is 11.3. The Hall–Kier alpha value is -4.30. The third-order valence-corrected chi connectivity index (χ3v) is 6.42. The number of hydrogen-bond donors (Lipinski definition) is 0. The van der Waals surface area contributed by atoms with Crippen LogP contribution in [0.5, 0.6) is 0 Å². The molecule has 0 aliphatic heterocycles. The van der Waals surface area contributed by atoms with E-state index in [4.69, 9.17) is 4.99 Å². The molecule has 5 rings (SSSR count). The maximum Gasteiger partial charge on any atom is 0.101 e. The second-order valence-electron chi connectivity index (χ2n) is 8.74. The predicted octanol–water partition coefficient (Wildman–Crippen LogP) is 8.24. The fourth-order valence-electron chi connectivity index (χ4n) is 4.64. The molecule has 0 N–H and O–H groups in total. The van der Waals surface area contributed by atoms with Gasteiger partial charge < -0.3 is 0 Å². The Morgan fingerprint density at radius 2 is 1.00 bits per heavy atom. The van der Waals surface area contributed by atoms with Crippen LogP contribution < -0.4 is 0 Å². The summed E-state index contributed by atoms with van der Waals surface area (Å²) in [5, 5.41) is 0. The van der Waals surface area contributed by atoms with Crippen LogP contribution in [-0.4, -0.2) is 11.2 Å². The summed E-state index contributed by atoms with van der Waals surface area (Å²) in [7, 11) is 0. The van der Waals surface area contributed by atoms with E-state index in [-0.39, 0.29) is 6.04 Å². The van der Waals surface area contributed by atoms with E-state index in [1.165, 1.54) is 44.5 Å². The van der Waals surface area contributed by atoms with Gasteiger partial charge in [-0.3, -0.25) is 9.98 Å². The van der Waals surface area contributed by atoms with Gasteiger partial charge in [-0.1, -0.05) is 103 Å². The topological polar surface area (TPSA) is 25.2 Å². The molecule has 0 amide bonds. The maximum atomic E-state index is 5.18. The molecule has 0 fully saturated rings. The van der Waals surface area contributed by atoms with Gasteiger partial charge in [0.1, 0.15) is 6.04 Å². The average molecular weight is 453 g/mol. The summed E-state index contributed by atoms with van der Waals surface area (Å²) in [6, 6.07) is 40.1. The molecule has 0 radical (unpaired) electrons. The van der Waals surface area contributed by atoms with E-state index in [9.17, 15) is 0 Å². The highest BCUT2D eigenvalue weighted by Gasteiger charge is 2.21. The fraction of sp³-hybridized carbons (Fsp3) is 0.0909. The first-order valence-electron chi connectivity index (χ1n) is 12.0. The smallest absolute Gasteiger partial charge is 0.101 e. The first kappa shape index (κ1) is 22.5. The summed E-state index contributed by atoms with van der Waals surface area (Å²) in [5.74, 6) is 0. The number of rotatable bonds is 6. The van der Waals surface area contributed by atoms with E-state index in [2.05, 4.69) is 116 Å². The number of aliphatic imine (C=N–C) groups is 1. The molecule has 4 aromatic carbocycles. The largest absolute Gasteiger partial charge is 0.278 e. The van der Waals surface area contributed by atoms with Crippen LogP contribution in [0.2, 0.25) is 0 Å². The SMILES string of the molecule is Cc1ccccc1-c1ccccc1C(N=Cc1ccccn1)c1ccccc1-c1ccccc1C. The highest BCUT2D eigenvalue weighted by molar-refractivity contribution is 5.80. The Morgan fingerprint density at radius 1 is 0.543 bits per heavy atom. The molecular formula is C33H28N2. The Bertz CT molecular complexity index is 1380. The summed E-state index contributed by atoms with van der Waals surface area (Å²) < 4.78 is 0. The lowest BCUT2D eigenvalue weighted by Crippen LogP contribution is -2.05. The van der Waals surface area contributed by atoms with E-state index >= 15 is 0 Å². The predicted molar refractivity (Wildman–Crippen MR) is 147 cm³/mol. The lowest BCUT2D eigenvalue weighted by Gasteiger charge is -2.22. The van der Waals surface area contributed by atoms with Gasteiger partial charge in [-0.2, -0.15) is 0 Å². The van der Waals surface area contributed by atoms with Crippen molar-refractivity contribution in [3.05, 3.63) is 149 Å². The number of hydrogen-bond acceptors (Lipinski definition) is 2. The molecule has 0 unspecified atom stereocenters. The van der Waals surface area contributed by atoms with Crippen LogP contribution in [0, 0.1) is 13.8 Å². The number of nitrogens with zero attached hydrogens (tertiary/aromatic N) is 2. The molecule has 0 spiro atoms. The summed E-state index contributed by atoms with van der Waals surface area (Å²) in [6.45, 7) is 4.33. The van der Waals surface area contributed by atoms with Gasteiger partial charge in [0.25, 0.3) is 0 Å². The van der Waals surface area contributed by atoms with Gasteiger partial charge in [0.2, 0.25) is 0 Å². The molecular weight excluding hydrogens is 424 g/mol. The Balaban J connectivity index is 1.73. The third-order valence-electron chi connectivity index (χ3n) is 6.42. The molecule has 170 valence electrons. The van der Waals surface area contributed by atoms with Crippen LogP contribution in [-0.2, 0) is 0 Å². The lowest BCUT2D eigenvalue weighted by atomic mass is 9.86. The molecule has 1 heterocycles. The van der Waals surface area contributed by atoms with Gasteiger partial charge in [0, 0.05) is 12.4 Å². The Morgan fingerprint density at radius 3 is 1.49 bits per heavy atom. The second-order valence-corrected chi connectivity index (χ2v) is 8.74. The zero-order chi connectivity index (χ0) is 24.0. The van der Waals surface area contributed by atoms with E-state index in [1.54, 1.807) is 6.20 Å². The van der Waals surface area contributed by atoms with E-state index < -0.39 is 0 Å². The highest BCUT2D eigenvalue weighted by atomic mass is 14.8. The summed E-state index contributed by atoms with van der Waals surface area (Å²) in [4.78, 5) is 9.66. The molecule has 1 aromatic heterocycles. The van der Waals surface area contributed by atoms with Gasteiger partial charge >= 0.3 is 0 Å². The first-order chi connectivity index (χ1) is 17.2. The summed E-state index contributed by atoms with van der Waals surface area (Å²) in [6.07, 6.45) is 3.70. The zero-order valence-corrected chi connectivity index (χ0v) is 20.1. The number of benzene rings is 4. The van der Waals surface area contributed by atoms with Crippen LogP contribution >= 0.6 is 0 Å². The van der Waals surface area contributed by atoms with E-state index in [0.717, 1.165) is 5.69 Å². The first-order valence-corrected chi connectivity index (χ1v) is 12.0. The number of aryl methyl sites for hydroxylation is 2. The van der Waals surface area contributed by atoms with Crippen LogP contribution in [0.15, 0.2) is 126 Å². The Labute approximate surface area is 207 Å². The molecule has 0 saturated heterocycles. The van der Waals surface area contributed by atoms with Crippen molar-refractivity contribution in [3.8, 4) is 22.3 Å². The van der Waals surface area contributed by atoms with Gasteiger partial charge in [-0.15, -0.1) is 0 Å². The van der Waals surface area contributed by atoms with Crippen molar-refractivity contribution in [1.82, 2.24) is 4.98 Å². The molecule has 0 saturated carbocycles. The monoisotopic (exact) mass is 452 g/mol. The summed E-state index contributed by atoms with van der Waals surface area (Å²) in [5.41, 5.74) is 10.6. The molecule has 0 bridgehead atoms. The van der Waals surface area contributed by atoms with Gasteiger partial charge in [0.15, 0.2) is 0 Å². The Kier molecular flexibility index (Phi) is 6.63. The van der Waals surface area contributed by atoms with Crippen LogP contribution in [0.1, 0.15) is 34.0 Å². The van der Waals surface area contributed by atoms with Crippen molar-refractivity contribution < 1.29 is 0 Å². The van der Waals surface area contributed by atoms with Crippen LogP contribution in [0.25, 0.3) is 22.3 Å². The zero-order valence-electron chi connectivity index (χ0n) is 20.1. The minimum atomic E-state index is -0.191. The quantitative estimate of drug-likeness (QED) is 0.238.